The Balaban J connectivity index is 4.03. The molecule has 29 heavy (non-hydrogen) atoms. The van der Waals surface area contributed by atoms with Crippen LogP contribution >= 0.6 is 0 Å². The van der Waals surface area contributed by atoms with E-state index in [2.05, 4.69) is 17.0 Å². The highest BCUT2D eigenvalue weighted by Crippen LogP contribution is 2.22. The van der Waals surface area contributed by atoms with Crippen LogP contribution in [0, 0.1) is 0 Å². The third kappa shape index (κ3) is 16.8. The van der Waals surface area contributed by atoms with Crippen LogP contribution in [0.5, 0.6) is 0 Å². The summed E-state index contributed by atoms with van der Waals surface area (Å²) in [6, 6.07) is 0. The summed E-state index contributed by atoms with van der Waals surface area (Å²) in [4.78, 5) is 32.8. The zero-order chi connectivity index (χ0) is 22.1. The van der Waals surface area contributed by atoms with Crippen LogP contribution in [0.3, 0.4) is 0 Å². The van der Waals surface area contributed by atoms with Gasteiger partial charge in [-0.05, 0) is 32.1 Å². The van der Waals surface area contributed by atoms with Crippen LogP contribution < -0.4 is 5.32 Å². The number of carboxylic acids is 1. The Bertz CT molecular complexity index is 483. The number of unbranched alkanes of at least 4 members (excludes halogenated alkanes) is 8. The number of hydrogen-bond acceptors (Lipinski definition) is 4. The fourth-order valence-corrected chi connectivity index (χ4v) is 2.91. The molecule has 0 aliphatic heterocycles. The van der Waals surface area contributed by atoms with Gasteiger partial charge in [-0.3, -0.25) is 9.59 Å². The van der Waals surface area contributed by atoms with Crippen molar-refractivity contribution in [2.75, 3.05) is 6.54 Å². The van der Waals surface area contributed by atoms with Crippen molar-refractivity contribution in [2.45, 2.75) is 103 Å². The summed E-state index contributed by atoms with van der Waals surface area (Å²) < 4.78 is 42.0. The normalized spacial score (nSPS) is 12.4. The molecule has 0 saturated carbocycles. The van der Waals surface area contributed by atoms with Gasteiger partial charge in [0.1, 0.15) is 12.6 Å². The number of carbonyl (C=O) groups excluding carboxylic acids is 2. The molecule has 170 valence electrons. The van der Waals surface area contributed by atoms with E-state index in [0.29, 0.717) is 25.7 Å². The predicted molar refractivity (Wildman–Crippen MR) is 102 cm³/mol. The van der Waals surface area contributed by atoms with Gasteiger partial charge in [0.2, 0.25) is 5.91 Å². The van der Waals surface area contributed by atoms with Crippen molar-refractivity contribution in [3.05, 3.63) is 0 Å². The molecule has 0 aromatic carbocycles. The first-order chi connectivity index (χ1) is 13.7. The summed E-state index contributed by atoms with van der Waals surface area (Å²) in [6.45, 7) is 1.69. The molecular formula is C20H34F3NO5. The summed E-state index contributed by atoms with van der Waals surface area (Å²) in [7, 11) is 0. The van der Waals surface area contributed by atoms with Gasteiger partial charge in [0, 0.05) is 6.42 Å². The minimum Gasteiger partial charge on any atom is -0.480 e. The van der Waals surface area contributed by atoms with E-state index in [9.17, 15) is 27.6 Å². The van der Waals surface area contributed by atoms with Crippen molar-refractivity contribution in [1.82, 2.24) is 5.32 Å². The topological polar surface area (TPSA) is 92.7 Å². The van der Waals surface area contributed by atoms with E-state index in [4.69, 9.17) is 5.11 Å². The number of alkyl halides is 3. The highest BCUT2D eigenvalue weighted by atomic mass is 19.4. The molecule has 0 heterocycles. The van der Waals surface area contributed by atoms with Crippen molar-refractivity contribution >= 4 is 17.8 Å². The maximum absolute atomic E-state index is 12.5. The number of rotatable bonds is 17. The van der Waals surface area contributed by atoms with Gasteiger partial charge in [0.25, 0.3) is 0 Å². The number of halogens is 3. The first-order valence-electron chi connectivity index (χ1n) is 10.4. The van der Waals surface area contributed by atoms with Gasteiger partial charge in [0.15, 0.2) is 0 Å². The summed E-state index contributed by atoms with van der Waals surface area (Å²) in [5.41, 5.74) is 0. The third-order valence-electron chi connectivity index (χ3n) is 4.50. The predicted octanol–water partition coefficient (Wildman–Crippen LogP) is 4.75. The molecule has 6 nitrogen and oxygen atoms in total. The summed E-state index contributed by atoms with van der Waals surface area (Å²) in [5, 5.41) is 10.7. The molecule has 0 radical (unpaired) electrons. The SMILES string of the molecule is CCCCCCCC(CCCCCCCC(=O)NCC(=O)O)OC(=O)C(F)(F)F. The van der Waals surface area contributed by atoms with E-state index in [1.54, 1.807) is 0 Å². The average Bonchev–Trinajstić information content (AvgIpc) is 2.64. The monoisotopic (exact) mass is 425 g/mol. The molecule has 0 spiro atoms. The number of hydrogen-bond donors (Lipinski definition) is 2. The molecule has 2 N–H and O–H groups in total. The Kier molecular flexibility index (Phi) is 15.1. The first kappa shape index (κ1) is 27.2. The summed E-state index contributed by atoms with van der Waals surface area (Å²) in [5.74, 6) is -3.53. The zero-order valence-electron chi connectivity index (χ0n) is 17.2. The number of ether oxygens (including phenoxy) is 1. The largest absolute Gasteiger partial charge is 0.490 e. The van der Waals surface area contributed by atoms with E-state index in [-0.39, 0.29) is 12.3 Å². The molecule has 1 amide bonds. The van der Waals surface area contributed by atoms with Gasteiger partial charge < -0.3 is 15.2 Å². The Morgan fingerprint density at radius 2 is 1.41 bits per heavy atom. The Morgan fingerprint density at radius 1 is 0.897 bits per heavy atom. The fraction of sp³-hybridized carbons (Fsp3) is 0.850. The van der Waals surface area contributed by atoms with Crippen molar-refractivity contribution < 1.29 is 37.4 Å². The molecular weight excluding hydrogens is 391 g/mol. The molecule has 0 aromatic heterocycles. The molecule has 1 atom stereocenters. The van der Waals surface area contributed by atoms with Crippen molar-refractivity contribution in [3.63, 3.8) is 0 Å². The molecule has 1 unspecified atom stereocenters. The van der Waals surface area contributed by atoms with E-state index < -0.39 is 30.8 Å². The van der Waals surface area contributed by atoms with Gasteiger partial charge in [-0.25, -0.2) is 4.79 Å². The van der Waals surface area contributed by atoms with Gasteiger partial charge in [0.05, 0.1) is 0 Å². The highest BCUT2D eigenvalue weighted by Gasteiger charge is 2.42. The average molecular weight is 425 g/mol. The minimum absolute atomic E-state index is 0.247. The lowest BCUT2D eigenvalue weighted by atomic mass is 10.0. The van der Waals surface area contributed by atoms with Gasteiger partial charge in [-0.1, -0.05) is 51.9 Å². The summed E-state index contributed by atoms with van der Waals surface area (Å²) in [6.07, 6.45) is 3.85. The molecule has 0 aliphatic rings. The third-order valence-corrected chi connectivity index (χ3v) is 4.50. The Morgan fingerprint density at radius 3 is 1.93 bits per heavy atom. The maximum Gasteiger partial charge on any atom is 0.490 e. The second kappa shape index (κ2) is 16.0. The highest BCUT2D eigenvalue weighted by molar-refractivity contribution is 5.80. The second-order valence-corrected chi connectivity index (χ2v) is 7.20. The Hall–Kier alpha value is -1.80. The van der Waals surface area contributed by atoms with Crippen LogP contribution in [-0.4, -0.2) is 41.8 Å². The van der Waals surface area contributed by atoms with Crippen molar-refractivity contribution in [2.24, 2.45) is 0 Å². The Labute approximate surface area is 170 Å². The zero-order valence-corrected chi connectivity index (χ0v) is 17.2. The lowest BCUT2D eigenvalue weighted by Crippen LogP contribution is -2.30. The molecule has 0 bridgehead atoms. The van der Waals surface area contributed by atoms with Crippen molar-refractivity contribution in [3.8, 4) is 0 Å². The van der Waals surface area contributed by atoms with Gasteiger partial charge in [-0.15, -0.1) is 0 Å². The fourth-order valence-electron chi connectivity index (χ4n) is 2.91. The molecule has 0 rings (SSSR count). The van der Waals surface area contributed by atoms with E-state index in [1.807, 2.05) is 0 Å². The lowest BCUT2D eigenvalue weighted by Gasteiger charge is -2.19. The van der Waals surface area contributed by atoms with Crippen LogP contribution in [-0.2, 0) is 19.1 Å². The van der Waals surface area contributed by atoms with Crippen LogP contribution in [0.25, 0.3) is 0 Å². The van der Waals surface area contributed by atoms with Crippen LogP contribution in [0.1, 0.15) is 90.4 Å². The molecule has 0 aliphatic carbocycles. The summed E-state index contributed by atoms with van der Waals surface area (Å²) >= 11 is 0. The first-order valence-corrected chi connectivity index (χ1v) is 10.4. The molecule has 9 heteroatoms. The lowest BCUT2D eigenvalue weighted by molar-refractivity contribution is -0.205. The number of aliphatic carboxylic acids is 1. The van der Waals surface area contributed by atoms with Gasteiger partial charge >= 0.3 is 18.1 Å². The van der Waals surface area contributed by atoms with Crippen LogP contribution in [0.15, 0.2) is 0 Å². The number of nitrogens with one attached hydrogen (secondary N) is 1. The molecule has 0 fully saturated rings. The van der Waals surface area contributed by atoms with Crippen LogP contribution in [0.2, 0.25) is 0 Å². The number of carbonyl (C=O) groups is 3. The van der Waals surface area contributed by atoms with E-state index in [0.717, 1.165) is 51.4 Å². The smallest absolute Gasteiger partial charge is 0.480 e. The van der Waals surface area contributed by atoms with E-state index in [1.165, 1.54) is 0 Å². The van der Waals surface area contributed by atoms with Crippen molar-refractivity contribution in [1.29, 1.82) is 0 Å². The maximum atomic E-state index is 12.5. The quantitative estimate of drug-likeness (QED) is 0.259. The standard InChI is InChI=1S/C20H34F3NO5/c1-2-3-4-6-9-12-16(29-19(28)20(21,22)23)13-10-7-5-8-11-14-17(25)24-15-18(26)27/h16H,2-15H2,1H3,(H,24,25)(H,26,27). The number of amides is 1. The molecule has 0 saturated heterocycles. The second-order valence-electron chi connectivity index (χ2n) is 7.20. The minimum atomic E-state index is -4.97. The van der Waals surface area contributed by atoms with Gasteiger partial charge in [-0.2, -0.15) is 13.2 Å². The number of esters is 1. The number of carboxylic acid groups (broad SMARTS) is 1. The van der Waals surface area contributed by atoms with E-state index >= 15 is 0 Å². The molecule has 0 aromatic rings. The van der Waals surface area contributed by atoms with Crippen LogP contribution in [0.4, 0.5) is 13.2 Å².